The number of halogens is 6. The molecule has 0 radical (unpaired) electrons. The van der Waals surface area contributed by atoms with E-state index >= 15 is 0 Å². The van der Waals surface area contributed by atoms with Gasteiger partial charge in [0.15, 0.2) is 6.61 Å². The van der Waals surface area contributed by atoms with Crippen molar-refractivity contribution in [3.05, 3.63) is 11.8 Å². The summed E-state index contributed by atoms with van der Waals surface area (Å²) in [6, 6.07) is 0. The van der Waals surface area contributed by atoms with Gasteiger partial charge in [-0.1, -0.05) is 13.0 Å². The molecule has 1 aliphatic heterocycles. The van der Waals surface area contributed by atoms with Crippen molar-refractivity contribution in [2.45, 2.75) is 37.5 Å². The van der Waals surface area contributed by atoms with Gasteiger partial charge in [-0.3, -0.25) is 0 Å². The van der Waals surface area contributed by atoms with E-state index in [1.165, 1.54) is 0 Å². The van der Waals surface area contributed by atoms with E-state index in [9.17, 15) is 26.3 Å². The van der Waals surface area contributed by atoms with E-state index in [0.29, 0.717) is 37.2 Å². The molecule has 25 heavy (non-hydrogen) atoms. The highest BCUT2D eigenvalue weighted by Crippen LogP contribution is 2.47. The van der Waals surface area contributed by atoms with Crippen LogP contribution in [0.4, 0.5) is 26.3 Å². The second-order valence-corrected chi connectivity index (χ2v) is 6.33. The molecule has 0 amide bonds. The third-order valence-corrected chi connectivity index (χ3v) is 4.37. The standard InChI is InChI=1S/C14H17F6N3OS/c1-3-12(15,16)14(19,20)13(17,18)8-24-11-10(21-25-22-11)9-5-4-6-23(2)7-9/h5H,3-4,6-8H2,1-2H3. The van der Waals surface area contributed by atoms with E-state index in [0.717, 1.165) is 6.54 Å². The SMILES string of the molecule is CCC(F)(F)C(F)(F)C(F)(F)COc1nsnc1C1=CCCN(C)C1. The molecule has 2 rings (SSSR count). The molecule has 0 saturated heterocycles. The van der Waals surface area contributed by atoms with Crippen LogP contribution in [0.25, 0.3) is 5.57 Å². The Balaban J connectivity index is 2.14. The third kappa shape index (κ3) is 3.91. The molecule has 4 nitrogen and oxygen atoms in total. The highest BCUT2D eigenvalue weighted by atomic mass is 32.1. The van der Waals surface area contributed by atoms with Crippen molar-refractivity contribution in [1.29, 1.82) is 0 Å². The Morgan fingerprint density at radius 2 is 1.84 bits per heavy atom. The number of hydrogen-bond donors (Lipinski definition) is 0. The van der Waals surface area contributed by atoms with Crippen LogP contribution < -0.4 is 4.74 Å². The first-order chi connectivity index (χ1) is 11.5. The van der Waals surface area contributed by atoms with Gasteiger partial charge in [0, 0.05) is 19.5 Å². The van der Waals surface area contributed by atoms with Gasteiger partial charge in [0.1, 0.15) is 5.69 Å². The minimum absolute atomic E-state index is 0.165. The van der Waals surface area contributed by atoms with Gasteiger partial charge in [0.05, 0.1) is 11.7 Å². The summed E-state index contributed by atoms with van der Waals surface area (Å²) in [4.78, 5) is 1.95. The lowest BCUT2D eigenvalue weighted by Crippen LogP contribution is -2.56. The predicted molar refractivity (Wildman–Crippen MR) is 80.6 cm³/mol. The maximum absolute atomic E-state index is 13.7. The molecule has 1 aliphatic rings. The average Bonchev–Trinajstić information content (AvgIpc) is 3.01. The van der Waals surface area contributed by atoms with Crippen molar-refractivity contribution < 1.29 is 31.1 Å². The predicted octanol–water partition coefficient (Wildman–Crippen LogP) is 3.95. The average molecular weight is 389 g/mol. The van der Waals surface area contributed by atoms with Crippen molar-refractivity contribution in [3.63, 3.8) is 0 Å². The van der Waals surface area contributed by atoms with Crippen LogP contribution in [0.2, 0.25) is 0 Å². The van der Waals surface area contributed by atoms with Gasteiger partial charge in [-0.15, -0.1) is 4.37 Å². The summed E-state index contributed by atoms with van der Waals surface area (Å²) in [5.41, 5.74) is 0.824. The van der Waals surface area contributed by atoms with Crippen LogP contribution >= 0.6 is 11.7 Å². The summed E-state index contributed by atoms with van der Waals surface area (Å²) in [5, 5.41) is 0. The molecule has 0 atom stereocenters. The number of rotatable bonds is 7. The third-order valence-electron chi connectivity index (χ3n) is 3.86. The first-order valence-corrected chi connectivity index (χ1v) is 8.21. The Hall–Kier alpha value is -1.36. The number of likely N-dealkylation sites (N-methyl/N-ethyl adjacent to an activating group) is 1. The van der Waals surface area contributed by atoms with E-state index in [4.69, 9.17) is 0 Å². The van der Waals surface area contributed by atoms with Gasteiger partial charge in [-0.05, 0) is 19.0 Å². The van der Waals surface area contributed by atoms with E-state index in [-0.39, 0.29) is 11.6 Å². The minimum atomic E-state index is -5.54. The summed E-state index contributed by atoms with van der Waals surface area (Å²) in [6.45, 7) is 0.0480. The lowest BCUT2D eigenvalue weighted by atomic mass is 10.0. The second-order valence-electron chi connectivity index (χ2n) is 5.80. The topological polar surface area (TPSA) is 38.3 Å². The molecule has 1 aromatic rings. The molecule has 2 heterocycles. The van der Waals surface area contributed by atoms with Gasteiger partial charge in [0.25, 0.3) is 5.88 Å². The van der Waals surface area contributed by atoms with Crippen molar-refractivity contribution in [1.82, 2.24) is 13.6 Å². The van der Waals surface area contributed by atoms with Crippen molar-refractivity contribution >= 4 is 17.3 Å². The van der Waals surface area contributed by atoms with E-state index < -0.39 is 30.8 Å². The number of alkyl halides is 6. The van der Waals surface area contributed by atoms with E-state index in [1.807, 2.05) is 18.0 Å². The summed E-state index contributed by atoms with van der Waals surface area (Å²) >= 11 is 0.664. The number of ether oxygens (including phenoxy) is 1. The largest absolute Gasteiger partial charge is 0.469 e. The van der Waals surface area contributed by atoms with Gasteiger partial charge >= 0.3 is 17.8 Å². The Morgan fingerprint density at radius 3 is 2.44 bits per heavy atom. The molecule has 0 aromatic carbocycles. The van der Waals surface area contributed by atoms with Crippen molar-refractivity contribution in [2.24, 2.45) is 0 Å². The molecular weight excluding hydrogens is 372 g/mol. The van der Waals surface area contributed by atoms with Crippen LogP contribution in [0.15, 0.2) is 6.08 Å². The van der Waals surface area contributed by atoms with E-state index in [2.05, 4.69) is 13.5 Å². The second kappa shape index (κ2) is 7.10. The Morgan fingerprint density at radius 1 is 1.16 bits per heavy atom. The highest BCUT2D eigenvalue weighted by molar-refractivity contribution is 6.99. The maximum atomic E-state index is 13.7. The van der Waals surface area contributed by atoms with Crippen LogP contribution in [0, 0.1) is 0 Å². The van der Waals surface area contributed by atoms with Crippen LogP contribution in [0.1, 0.15) is 25.5 Å². The molecule has 0 spiro atoms. The maximum Gasteiger partial charge on any atom is 0.375 e. The van der Waals surface area contributed by atoms with Crippen LogP contribution in [-0.2, 0) is 0 Å². The van der Waals surface area contributed by atoms with Crippen molar-refractivity contribution in [3.8, 4) is 5.88 Å². The molecule has 11 heteroatoms. The summed E-state index contributed by atoms with van der Waals surface area (Å²) < 4.78 is 93.0. The first kappa shape index (κ1) is 20.0. The van der Waals surface area contributed by atoms with E-state index in [1.54, 1.807) is 0 Å². The number of nitrogens with zero attached hydrogens (tertiary/aromatic N) is 3. The zero-order chi connectivity index (χ0) is 18.9. The molecule has 0 fully saturated rings. The van der Waals surface area contributed by atoms with Gasteiger partial charge < -0.3 is 9.64 Å². The van der Waals surface area contributed by atoms with Gasteiger partial charge in [0.2, 0.25) is 0 Å². The number of aromatic nitrogens is 2. The lowest BCUT2D eigenvalue weighted by Gasteiger charge is -2.31. The zero-order valence-electron chi connectivity index (χ0n) is 13.5. The lowest BCUT2D eigenvalue weighted by molar-refractivity contribution is -0.315. The van der Waals surface area contributed by atoms with Crippen LogP contribution in [0.3, 0.4) is 0 Å². The molecule has 142 valence electrons. The molecular formula is C14H17F6N3OS. The Bertz CT molecular complexity index is 634. The molecule has 0 N–H and O–H groups in total. The first-order valence-electron chi connectivity index (χ1n) is 7.48. The monoisotopic (exact) mass is 389 g/mol. The van der Waals surface area contributed by atoms with Crippen LogP contribution in [0.5, 0.6) is 5.88 Å². The minimum Gasteiger partial charge on any atom is -0.469 e. The summed E-state index contributed by atoms with van der Waals surface area (Å²) in [7, 11) is 1.84. The van der Waals surface area contributed by atoms with Crippen molar-refractivity contribution in [2.75, 3.05) is 26.7 Å². The fraction of sp³-hybridized carbons (Fsp3) is 0.714. The normalized spacial score (nSPS) is 17.5. The Kier molecular flexibility index (Phi) is 5.67. The summed E-state index contributed by atoms with van der Waals surface area (Å²) in [5.74, 6) is -15.8. The molecule has 0 aliphatic carbocycles. The zero-order valence-corrected chi connectivity index (χ0v) is 14.4. The molecule has 1 aromatic heterocycles. The fourth-order valence-corrected chi connectivity index (χ4v) is 2.81. The number of hydrogen-bond acceptors (Lipinski definition) is 5. The van der Waals surface area contributed by atoms with Gasteiger partial charge in [-0.2, -0.15) is 30.7 Å². The fourth-order valence-electron chi connectivity index (χ4n) is 2.28. The summed E-state index contributed by atoms with van der Waals surface area (Å²) in [6.07, 6.45) is 1.10. The highest BCUT2D eigenvalue weighted by Gasteiger charge is 2.70. The molecule has 0 saturated carbocycles. The van der Waals surface area contributed by atoms with Crippen LogP contribution in [-0.4, -0.2) is 58.2 Å². The quantitative estimate of drug-likeness (QED) is 0.662. The molecule has 0 unspecified atom stereocenters. The molecule has 0 bridgehead atoms. The smallest absolute Gasteiger partial charge is 0.375 e. The van der Waals surface area contributed by atoms with Gasteiger partial charge in [-0.25, -0.2) is 0 Å². The Labute approximate surface area is 144 Å².